The van der Waals surface area contributed by atoms with Gasteiger partial charge in [-0.25, -0.2) is 4.79 Å². The summed E-state index contributed by atoms with van der Waals surface area (Å²) >= 11 is 3.63. The number of carbonyl (C=O) groups is 2. The number of aromatic hydroxyl groups is 1. The highest BCUT2D eigenvalue weighted by Crippen LogP contribution is 2.42. The van der Waals surface area contributed by atoms with Crippen molar-refractivity contribution in [2.75, 3.05) is 13.2 Å². The molecule has 1 aromatic carbocycles. The molecule has 30 heavy (non-hydrogen) atoms. The maximum absolute atomic E-state index is 12.6. The van der Waals surface area contributed by atoms with Crippen molar-refractivity contribution in [3.63, 3.8) is 0 Å². The van der Waals surface area contributed by atoms with E-state index < -0.39 is 48.5 Å². The van der Waals surface area contributed by atoms with Crippen molar-refractivity contribution < 1.29 is 55.6 Å². The van der Waals surface area contributed by atoms with Crippen molar-refractivity contribution in [3.8, 4) is 5.75 Å². The molecule has 0 bridgehead atoms. The number of ether oxygens (including phenoxy) is 2. The molecule has 0 amide bonds. The van der Waals surface area contributed by atoms with E-state index in [1.807, 2.05) is 22.6 Å². The molecule has 0 aromatic heterocycles. The van der Waals surface area contributed by atoms with Crippen LogP contribution in [0, 0.1) is 12.6 Å². The number of alkyl halides is 6. The Hall–Kier alpha value is -1.04. The minimum atomic E-state index is -6.47. The zero-order valence-electron chi connectivity index (χ0n) is 15.1. The number of rotatable bonds is 6. The van der Waals surface area contributed by atoms with Gasteiger partial charge < -0.3 is 19.7 Å². The topological polar surface area (TPSA) is 95.9 Å². The molecule has 0 heterocycles. The lowest BCUT2D eigenvalue weighted by Crippen LogP contribution is -2.71. The van der Waals surface area contributed by atoms with Gasteiger partial charge in [0.15, 0.2) is 5.60 Å². The van der Waals surface area contributed by atoms with Crippen LogP contribution in [0.15, 0.2) is 12.1 Å². The van der Waals surface area contributed by atoms with Gasteiger partial charge in [0.05, 0.1) is 16.8 Å². The van der Waals surface area contributed by atoms with Crippen LogP contribution in [0.1, 0.15) is 24.2 Å². The van der Waals surface area contributed by atoms with E-state index in [0.717, 1.165) is 0 Å². The number of hydrogen-bond donors (Lipinski definition) is 1. The molecule has 1 aromatic rings. The molecule has 0 aliphatic carbocycles. The van der Waals surface area contributed by atoms with Gasteiger partial charge in [-0.2, -0.15) is 26.3 Å². The van der Waals surface area contributed by atoms with E-state index >= 15 is 0 Å². The number of carbonyl (C=O) groups excluding carboxylic acids is 2. The predicted octanol–water partition coefficient (Wildman–Crippen LogP) is 3.55. The van der Waals surface area contributed by atoms with Crippen LogP contribution in [0.25, 0.3) is 0 Å². The van der Waals surface area contributed by atoms with E-state index in [2.05, 4.69) is 4.74 Å². The van der Waals surface area contributed by atoms with Crippen molar-refractivity contribution in [3.05, 3.63) is 24.8 Å². The van der Waals surface area contributed by atoms with Gasteiger partial charge in [0.2, 0.25) is 0 Å². The van der Waals surface area contributed by atoms with E-state index in [1.165, 1.54) is 19.9 Å². The van der Waals surface area contributed by atoms with Crippen molar-refractivity contribution in [1.29, 1.82) is 0 Å². The summed E-state index contributed by atoms with van der Waals surface area (Å²) in [5.74, 6) is -4.46. The van der Waals surface area contributed by atoms with Gasteiger partial charge >= 0.3 is 24.3 Å². The first kappa shape index (κ1) is 27.0. The van der Waals surface area contributed by atoms with Crippen molar-refractivity contribution in [2.24, 2.45) is 5.41 Å². The van der Waals surface area contributed by atoms with Crippen molar-refractivity contribution in [1.82, 2.24) is 0 Å². The zero-order valence-corrected chi connectivity index (χ0v) is 19.4. The monoisotopic (exact) mass is 669 g/mol. The van der Waals surface area contributed by atoms with Crippen molar-refractivity contribution >= 4 is 57.1 Å². The average molecular weight is 669 g/mol. The van der Waals surface area contributed by atoms with Crippen LogP contribution in [-0.2, 0) is 14.3 Å². The molecule has 14 heteroatoms. The maximum Gasteiger partial charge on any atom is 0.399 e. The van der Waals surface area contributed by atoms with Crippen LogP contribution >= 0.6 is 45.2 Å². The van der Waals surface area contributed by atoms with Gasteiger partial charge in [0.25, 0.3) is 0 Å². The lowest BCUT2D eigenvalue weighted by atomic mass is 9.96. The first-order chi connectivity index (χ1) is 13.3. The van der Waals surface area contributed by atoms with Crippen LogP contribution in [-0.4, -0.2) is 48.2 Å². The lowest BCUT2D eigenvalue weighted by Gasteiger charge is -2.40. The standard InChI is InChI=1S/C16H13F6I2O6/c1-13(2,5-29-11(26)8-3-7(23)4-9(24)10(8)25)6-30-12(27)14(28,15(17,18)19)16(20,21)22/h3-4,25H,5-6H2,1-2H3/q-1. The Labute approximate surface area is 193 Å². The summed E-state index contributed by atoms with van der Waals surface area (Å²) in [5, 5.41) is 21.2. The quantitative estimate of drug-likeness (QED) is 0.283. The molecule has 0 aliphatic rings. The Morgan fingerprint density at radius 1 is 1.00 bits per heavy atom. The molecular weight excluding hydrogens is 656 g/mol. The third-order valence-corrected chi connectivity index (χ3v) is 4.97. The maximum atomic E-state index is 12.6. The number of benzene rings is 1. The molecule has 0 fully saturated rings. The molecule has 0 spiro atoms. The predicted molar refractivity (Wildman–Crippen MR) is 103 cm³/mol. The summed E-state index contributed by atoms with van der Waals surface area (Å²) in [4.78, 5) is 23.5. The summed E-state index contributed by atoms with van der Waals surface area (Å²) in [6.45, 7) is 0.731. The molecule has 0 saturated carbocycles. The van der Waals surface area contributed by atoms with Gasteiger partial charge in [0, 0.05) is 8.99 Å². The highest BCUT2D eigenvalue weighted by Gasteiger charge is 2.68. The fourth-order valence-corrected chi connectivity index (χ4v) is 3.70. The minimum absolute atomic E-state index is 0.216. The van der Waals surface area contributed by atoms with E-state index in [0.29, 0.717) is 7.14 Å². The lowest BCUT2D eigenvalue weighted by molar-refractivity contribution is -0.574. The second kappa shape index (κ2) is 9.22. The van der Waals surface area contributed by atoms with Gasteiger partial charge in [-0.1, -0.05) is 13.8 Å². The largest absolute Gasteiger partial charge is 0.828 e. The van der Waals surface area contributed by atoms with Crippen LogP contribution in [0.2, 0.25) is 0 Å². The third kappa shape index (κ3) is 6.02. The highest BCUT2D eigenvalue weighted by atomic mass is 127. The minimum Gasteiger partial charge on any atom is -0.828 e. The van der Waals surface area contributed by atoms with E-state index in [9.17, 15) is 46.1 Å². The summed E-state index contributed by atoms with van der Waals surface area (Å²) in [5.41, 5.74) is -7.61. The van der Waals surface area contributed by atoms with Gasteiger partial charge in [-0.15, -0.1) is 0 Å². The Morgan fingerprint density at radius 3 is 1.93 bits per heavy atom. The number of phenols is 1. The summed E-state index contributed by atoms with van der Waals surface area (Å²) < 4.78 is 85.4. The highest BCUT2D eigenvalue weighted by molar-refractivity contribution is 14.1. The molecule has 170 valence electrons. The molecule has 0 aliphatic heterocycles. The SMILES string of the molecule is CC(C)(COC(=O)c1cc(I)cc(I)c1O)COC(=O)C([O-])(C(F)(F)F)C(F)(F)F. The van der Waals surface area contributed by atoms with Gasteiger partial charge in [-0.05, 0) is 57.3 Å². The van der Waals surface area contributed by atoms with Crippen LogP contribution in [0.3, 0.4) is 0 Å². The summed E-state index contributed by atoms with van der Waals surface area (Å²) in [7, 11) is 0. The molecular formula is C16H13F6I2O6-. The molecule has 1 rings (SSSR count). The normalized spacial score (nSPS) is 13.2. The van der Waals surface area contributed by atoms with Crippen LogP contribution in [0.4, 0.5) is 26.3 Å². The Bertz CT molecular complexity index is 808. The third-order valence-electron chi connectivity index (χ3n) is 3.52. The first-order valence-electron chi connectivity index (χ1n) is 7.70. The zero-order chi connectivity index (χ0) is 23.7. The Morgan fingerprint density at radius 2 is 1.47 bits per heavy atom. The smallest absolute Gasteiger partial charge is 0.399 e. The molecule has 0 saturated heterocycles. The molecule has 6 nitrogen and oxygen atoms in total. The number of halogens is 8. The summed E-state index contributed by atoms with van der Waals surface area (Å²) in [6.07, 6.45) is -12.9. The number of phenolic OH excluding ortho intramolecular Hbond substituents is 1. The van der Waals surface area contributed by atoms with E-state index in [4.69, 9.17) is 4.74 Å². The van der Waals surface area contributed by atoms with Gasteiger partial charge in [0.1, 0.15) is 11.3 Å². The van der Waals surface area contributed by atoms with Crippen LogP contribution < -0.4 is 5.11 Å². The van der Waals surface area contributed by atoms with Crippen LogP contribution in [0.5, 0.6) is 5.75 Å². The fraction of sp³-hybridized carbons (Fsp3) is 0.500. The average Bonchev–Trinajstić information content (AvgIpc) is 2.58. The fourth-order valence-electron chi connectivity index (χ4n) is 1.86. The molecule has 0 atom stereocenters. The number of hydrogen-bond acceptors (Lipinski definition) is 6. The number of esters is 2. The van der Waals surface area contributed by atoms with Crippen molar-refractivity contribution in [2.45, 2.75) is 31.8 Å². The second-order valence-electron chi connectivity index (χ2n) is 6.78. The summed E-state index contributed by atoms with van der Waals surface area (Å²) in [6, 6.07) is 2.86. The molecule has 0 unspecified atom stereocenters. The van der Waals surface area contributed by atoms with E-state index in [1.54, 1.807) is 28.7 Å². The van der Waals surface area contributed by atoms with E-state index in [-0.39, 0.29) is 11.3 Å². The first-order valence-corrected chi connectivity index (χ1v) is 9.85. The molecule has 1 N–H and O–H groups in total. The Kier molecular flexibility index (Phi) is 8.29. The second-order valence-corrected chi connectivity index (χ2v) is 9.18. The molecule has 0 radical (unpaired) electrons. The Balaban J connectivity index is 2.85. The van der Waals surface area contributed by atoms with Gasteiger partial charge in [-0.3, -0.25) is 4.79 Å².